The Morgan fingerprint density at radius 3 is 2.31 bits per heavy atom. The summed E-state index contributed by atoms with van der Waals surface area (Å²) < 4.78 is 10.2. The molecule has 2 heterocycles. The molecule has 0 fully saturated rings. The van der Waals surface area contributed by atoms with E-state index in [4.69, 9.17) is 4.74 Å². The zero-order chi connectivity index (χ0) is 22.8. The Labute approximate surface area is 186 Å². The minimum absolute atomic E-state index is 0.288. The Morgan fingerprint density at radius 2 is 1.62 bits per heavy atom. The van der Waals surface area contributed by atoms with Crippen LogP contribution in [0.15, 0.2) is 46.0 Å². The molecule has 0 saturated carbocycles. The quantitative estimate of drug-likeness (QED) is 0.442. The van der Waals surface area contributed by atoms with E-state index in [1.54, 1.807) is 16.2 Å². The number of ether oxygens (including phenoxy) is 1. The fourth-order valence-electron chi connectivity index (χ4n) is 4.16. The Morgan fingerprint density at radius 1 is 0.938 bits per heavy atom. The van der Waals surface area contributed by atoms with E-state index in [1.165, 1.54) is 4.57 Å². The summed E-state index contributed by atoms with van der Waals surface area (Å²) in [6, 6.07) is 12.0. The lowest BCUT2D eigenvalue weighted by Crippen LogP contribution is -2.40. The lowest BCUT2D eigenvalue weighted by atomic mass is 10.0. The number of methoxy groups -OCH3 is 1. The fraction of sp³-hybridized carbons (Fsp3) is 0.320. The van der Waals surface area contributed by atoms with Crippen molar-refractivity contribution >= 4 is 34.1 Å². The van der Waals surface area contributed by atoms with Gasteiger partial charge in [-0.3, -0.25) is 13.9 Å². The summed E-state index contributed by atoms with van der Waals surface area (Å²) in [5.74, 6) is 1.44. The second kappa shape index (κ2) is 8.86. The summed E-state index contributed by atoms with van der Waals surface area (Å²) in [4.78, 5) is 30.7. The summed E-state index contributed by atoms with van der Waals surface area (Å²) in [6.07, 6.45) is 5.36. The number of benzene rings is 2. The van der Waals surface area contributed by atoms with Crippen molar-refractivity contribution in [2.24, 2.45) is 7.05 Å². The summed E-state index contributed by atoms with van der Waals surface area (Å²) in [6.45, 7) is 4.87. The van der Waals surface area contributed by atoms with Crippen LogP contribution in [0.1, 0.15) is 38.1 Å². The summed E-state index contributed by atoms with van der Waals surface area (Å²) in [5, 5.41) is 2.09. The molecular weight excluding hydrogens is 404 g/mol. The molecule has 0 saturated heterocycles. The maximum absolute atomic E-state index is 13.1. The molecule has 0 unspecified atom stereocenters. The van der Waals surface area contributed by atoms with E-state index < -0.39 is 0 Å². The van der Waals surface area contributed by atoms with Crippen LogP contribution in [0.4, 0.5) is 0 Å². The van der Waals surface area contributed by atoms with Crippen molar-refractivity contribution in [3.8, 4) is 5.75 Å². The first-order chi connectivity index (χ1) is 15.5. The Balaban J connectivity index is 1.89. The van der Waals surface area contributed by atoms with E-state index in [0.717, 1.165) is 28.5 Å². The molecular formula is C25H28N4O3. The van der Waals surface area contributed by atoms with Gasteiger partial charge in [-0.15, -0.1) is 0 Å². The van der Waals surface area contributed by atoms with Crippen LogP contribution in [-0.4, -0.2) is 25.8 Å². The molecule has 0 spiro atoms. The van der Waals surface area contributed by atoms with Crippen LogP contribution in [0.3, 0.4) is 0 Å². The molecule has 32 heavy (non-hydrogen) atoms. The molecule has 2 aromatic heterocycles. The highest BCUT2D eigenvalue weighted by Gasteiger charge is 2.18. The Kier molecular flexibility index (Phi) is 5.99. The van der Waals surface area contributed by atoms with Gasteiger partial charge in [0.15, 0.2) is 11.2 Å². The van der Waals surface area contributed by atoms with Crippen LogP contribution in [0, 0.1) is 0 Å². The predicted octanol–water partition coefficient (Wildman–Crippen LogP) is 4.05. The van der Waals surface area contributed by atoms with Gasteiger partial charge in [0.2, 0.25) is 0 Å². The summed E-state index contributed by atoms with van der Waals surface area (Å²) in [7, 11) is 3.48. The fourth-order valence-corrected chi connectivity index (χ4v) is 4.16. The number of imidazole rings is 1. The first-order valence-corrected chi connectivity index (χ1v) is 11.0. The normalized spacial score (nSPS) is 11.8. The lowest BCUT2D eigenvalue weighted by molar-refractivity contribution is 0.420. The average molecular weight is 433 g/mol. The first-order valence-electron chi connectivity index (χ1n) is 11.0. The van der Waals surface area contributed by atoms with Gasteiger partial charge < -0.3 is 9.30 Å². The molecule has 4 rings (SSSR count). The molecule has 0 amide bonds. The minimum atomic E-state index is -0.291. The minimum Gasteiger partial charge on any atom is -0.496 e. The highest BCUT2D eigenvalue weighted by molar-refractivity contribution is 5.96. The molecule has 0 aliphatic heterocycles. The van der Waals surface area contributed by atoms with E-state index in [2.05, 4.69) is 11.1 Å². The van der Waals surface area contributed by atoms with Gasteiger partial charge in [0.05, 0.1) is 7.11 Å². The lowest BCUT2D eigenvalue weighted by Gasteiger charge is -2.10. The smallest absolute Gasteiger partial charge is 0.332 e. The molecule has 0 aliphatic rings. The number of hydrogen-bond acceptors (Lipinski definition) is 4. The number of nitrogens with zero attached hydrogens (tertiary/aromatic N) is 4. The van der Waals surface area contributed by atoms with E-state index in [9.17, 15) is 9.59 Å². The number of rotatable bonds is 7. The van der Waals surface area contributed by atoms with Crippen molar-refractivity contribution < 1.29 is 4.74 Å². The van der Waals surface area contributed by atoms with Crippen LogP contribution in [-0.2, 0) is 20.1 Å². The third-order valence-electron chi connectivity index (χ3n) is 5.72. The second-order valence-electron chi connectivity index (χ2n) is 7.83. The van der Waals surface area contributed by atoms with Crippen LogP contribution in [0.2, 0.25) is 0 Å². The Bertz CT molecular complexity index is 1440. The van der Waals surface area contributed by atoms with Crippen LogP contribution in [0.25, 0.3) is 34.1 Å². The molecule has 0 aliphatic carbocycles. The van der Waals surface area contributed by atoms with Gasteiger partial charge in [0.1, 0.15) is 11.6 Å². The molecule has 0 N–H and O–H groups in total. The molecule has 7 nitrogen and oxygen atoms in total. The molecule has 0 radical (unpaired) electrons. The second-order valence-corrected chi connectivity index (χ2v) is 7.83. The van der Waals surface area contributed by atoms with Crippen molar-refractivity contribution in [1.82, 2.24) is 18.7 Å². The van der Waals surface area contributed by atoms with Crippen molar-refractivity contribution in [3.05, 3.63) is 68.6 Å². The van der Waals surface area contributed by atoms with E-state index in [1.807, 2.05) is 63.4 Å². The number of aromatic nitrogens is 4. The highest BCUT2D eigenvalue weighted by atomic mass is 16.5. The van der Waals surface area contributed by atoms with Crippen molar-refractivity contribution in [2.75, 3.05) is 7.11 Å². The van der Waals surface area contributed by atoms with Crippen molar-refractivity contribution in [2.45, 2.75) is 39.8 Å². The van der Waals surface area contributed by atoms with Gasteiger partial charge in [-0.05, 0) is 35.9 Å². The Hall–Kier alpha value is -3.61. The van der Waals surface area contributed by atoms with Gasteiger partial charge in [-0.25, -0.2) is 9.78 Å². The van der Waals surface area contributed by atoms with Gasteiger partial charge in [-0.1, -0.05) is 50.3 Å². The number of fused-ring (bicyclic) bond motifs is 2. The number of hydrogen-bond donors (Lipinski definition) is 0. The topological polar surface area (TPSA) is 71.1 Å². The monoisotopic (exact) mass is 432 g/mol. The summed E-state index contributed by atoms with van der Waals surface area (Å²) in [5.41, 5.74) is 1.33. The van der Waals surface area contributed by atoms with Gasteiger partial charge in [-0.2, -0.15) is 0 Å². The van der Waals surface area contributed by atoms with E-state index >= 15 is 0 Å². The maximum Gasteiger partial charge on any atom is 0.332 e. The van der Waals surface area contributed by atoms with E-state index in [0.29, 0.717) is 36.5 Å². The van der Waals surface area contributed by atoms with Crippen LogP contribution >= 0.6 is 0 Å². The SMILES string of the molecule is CCCn1c(=O)c2c(nc(/C=C/c3ccc(OC)c4ccccc34)n2C)n(CCC)c1=O. The average Bonchev–Trinajstić information content (AvgIpc) is 3.14. The third-order valence-corrected chi connectivity index (χ3v) is 5.72. The molecule has 0 atom stereocenters. The molecule has 4 aromatic rings. The van der Waals surface area contributed by atoms with Crippen LogP contribution < -0.4 is 16.0 Å². The largest absolute Gasteiger partial charge is 0.496 e. The molecule has 2 aromatic carbocycles. The number of aryl methyl sites for hydroxylation is 2. The van der Waals surface area contributed by atoms with Gasteiger partial charge in [0.25, 0.3) is 5.56 Å². The first kappa shape index (κ1) is 21.6. The van der Waals surface area contributed by atoms with Crippen molar-refractivity contribution in [3.63, 3.8) is 0 Å². The van der Waals surface area contributed by atoms with Gasteiger partial charge in [0, 0.05) is 25.5 Å². The van der Waals surface area contributed by atoms with Crippen LogP contribution in [0.5, 0.6) is 5.75 Å². The highest BCUT2D eigenvalue weighted by Crippen LogP contribution is 2.29. The standard InChI is InChI=1S/C25H28N4O3/c1-5-15-28-23-22(24(30)29(16-6-2)25(28)31)27(3)21(26-23)14-12-17-11-13-20(32-4)19-10-8-7-9-18(17)19/h7-14H,5-6,15-16H2,1-4H3/b14-12+. The third kappa shape index (κ3) is 3.53. The molecule has 7 heteroatoms. The van der Waals surface area contributed by atoms with Gasteiger partial charge >= 0.3 is 5.69 Å². The summed E-state index contributed by atoms with van der Waals surface area (Å²) >= 11 is 0. The maximum atomic E-state index is 13.1. The predicted molar refractivity (Wildman–Crippen MR) is 129 cm³/mol. The zero-order valence-corrected chi connectivity index (χ0v) is 19.0. The van der Waals surface area contributed by atoms with Crippen molar-refractivity contribution in [1.29, 1.82) is 0 Å². The molecule has 166 valence electrons. The van der Waals surface area contributed by atoms with E-state index in [-0.39, 0.29) is 11.2 Å². The zero-order valence-electron chi connectivity index (χ0n) is 19.0. The molecule has 0 bridgehead atoms.